The first-order valence-electron chi connectivity index (χ1n) is 3.86. The minimum Gasteiger partial charge on any atom is -0.407 e. The second-order valence-electron chi connectivity index (χ2n) is 3.68. The van der Waals surface area contributed by atoms with Gasteiger partial charge >= 0.3 is 5.97 Å². The van der Waals surface area contributed by atoms with Crippen LogP contribution in [0.25, 0.3) is 0 Å². The largest absolute Gasteiger partial charge is 0.407 e. The number of rotatable bonds is 1. The molecular weight excluding hydrogens is 154 g/mol. The first-order valence-corrected chi connectivity index (χ1v) is 3.86. The van der Waals surface area contributed by atoms with Gasteiger partial charge in [-0.15, -0.1) is 0 Å². The lowest BCUT2D eigenvalue weighted by Gasteiger charge is -2.25. The van der Waals surface area contributed by atoms with Crippen LogP contribution in [-0.2, 0) is 9.53 Å². The highest BCUT2D eigenvalue weighted by atomic mass is 16.5. The van der Waals surface area contributed by atoms with Crippen molar-refractivity contribution in [2.24, 2.45) is 10.4 Å². The van der Waals surface area contributed by atoms with Gasteiger partial charge in [0.15, 0.2) is 0 Å². The lowest BCUT2D eigenvalue weighted by molar-refractivity contribution is -0.145. The number of hydrogen-bond acceptors (Lipinski definition) is 3. The van der Waals surface area contributed by atoms with Gasteiger partial charge in [-0.2, -0.15) is 0 Å². The Kier molecular flexibility index (Phi) is 2.04. The van der Waals surface area contributed by atoms with Crippen LogP contribution in [0.4, 0.5) is 0 Å². The summed E-state index contributed by atoms with van der Waals surface area (Å²) in [4.78, 5) is 15.4. The van der Waals surface area contributed by atoms with Crippen molar-refractivity contribution >= 4 is 11.9 Å². The number of carbonyl (C=O) groups is 1. The third-order valence-electron chi connectivity index (χ3n) is 1.72. The van der Waals surface area contributed by atoms with Crippen LogP contribution in [-0.4, -0.2) is 18.4 Å². The van der Waals surface area contributed by atoms with E-state index in [9.17, 15) is 4.79 Å². The zero-order valence-corrected chi connectivity index (χ0v) is 7.68. The summed E-state index contributed by atoms with van der Waals surface area (Å²) in [7, 11) is 0. The highest BCUT2D eigenvalue weighted by Gasteiger charge is 2.34. The summed E-state index contributed by atoms with van der Waals surface area (Å²) >= 11 is 0. The summed E-state index contributed by atoms with van der Waals surface area (Å²) in [6, 6.07) is 0. The topological polar surface area (TPSA) is 38.7 Å². The van der Waals surface area contributed by atoms with Gasteiger partial charge in [0, 0.05) is 5.57 Å². The zero-order chi connectivity index (χ0) is 9.35. The van der Waals surface area contributed by atoms with Gasteiger partial charge < -0.3 is 4.74 Å². The Morgan fingerprint density at radius 2 is 2.25 bits per heavy atom. The van der Waals surface area contributed by atoms with Crippen LogP contribution < -0.4 is 0 Å². The number of hydrogen-bond donors (Lipinski definition) is 0. The van der Waals surface area contributed by atoms with Crippen molar-refractivity contribution in [3.63, 3.8) is 0 Å². The molecule has 3 nitrogen and oxygen atoms in total. The van der Waals surface area contributed by atoms with E-state index in [0.29, 0.717) is 18.0 Å². The zero-order valence-electron chi connectivity index (χ0n) is 7.68. The molecule has 1 rings (SSSR count). The van der Waals surface area contributed by atoms with E-state index in [1.165, 1.54) is 0 Å². The number of ether oxygens (including phenoxy) is 1. The molecule has 0 saturated carbocycles. The molecule has 0 atom stereocenters. The van der Waals surface area contributed by atoms with Crippen LogP contribution in [0.2, 0.25) is 0 Å². The molecule has 12 heavy (non-hydrogen) atoms. The molecular formula is C9H13NO2. The molecule has 0 aromatic rings. The Bertz CT molecular complexity index is 264. The highest BCUT2D eigenvalue weighted by Crippen LogP contribution is 2.22. The third kappa shape index (κ3) is 1.55. The van der Waals surface area contributed by atoms with Crippen LogP contribution in [0, 0.1) is 5.41 Å². The van der Waals surface area contributed by atoms with Crippen LogP contribution in [0.1, 0.15) is 20.8 Å². The van der Waals surface area contributed by atoms with Gasteiger partial charge in [-0.3, -0.25) is 4.79 Å². The molecule has 0 N–H and O–H groups in total. The van der Waals surface area contributed by atoms with Gasteiger partial charge in [0.05, 0.1) is 12.0 Å². The molecule has 0 spiro atoms. The van der Waals surface area contributed by atoms with Gasteiger partial charge in [-0.1, -0.05) is 6.58 Å². The Morgan fingerprint density at radius 3 is 2.67 bits per heavy atom. The number of nitrogens with zero attached hydrogens (tertiary/aromatic N) is 1. The second-order valence-corrected chi connectivity index (χ2v) is 3.68. The lowest BCUT2D eigenvalue weighted by atomic mass is 9.93. The van der Waals surface area contributed by atoms with Crippen molar-refractivity contribution in [3.8, 4) is 0 Å². The molecule has 3 heteroatoms. The van der Waals surface area contributed by atoms with E-state index in [4.69, 9.17) is 4.74 Å². The minimum absolute atomic E-state index is 0.226. The molecule has 0 saturated heterocycles. The number of aliphatic imine (C=N–C) groups is 1. The molecule has 0 aliphatic carbocycles. The summed E-state index contributed by atoms with van der Waals surface area (Å²) in [6.07, 6.45) is 0. The van der Waals surface area contributed by atoms with Crippen molar-refractivity contribution in [2.45, 2.75) is 20.8 Å². The fraction of sp³-hybridized carbons (Fsp3) is 0.556. The van der Waals surface area contributed by atoms with E-state index < -0.39 is 5.41 Å². The van der Waals surface area contributed by atoms with Crippen molar-refractivity contribution in [1.82, 2.24) is 0 Å². The predicted octanol–water partition coefficient (Wildman–Crippen LogP) is 1.54. The second kappa shape index (κ2) is 2.73. The first kappa shape index (κ1) is 8.97. The molecule has 0 aromatic carbocycles. The van der Waals surface area contributed by atoms with E-state index in [-0.39, 0.29) is 5.97 Å². The van der Waals surface area contributed by atoms with Crippen LogP contribution in [0.15, 0.2) is 17.1 Å². The highest BCUT2D eigenvalue weighted by molar-refractivity contribution is 6.02. The third-order valence-corrected chi connectivity index (χ3v) is 1.72. The average molecular weight is 167 g/mol. The van der Waals surface area contributed by atoms with Crippen LogP contribution in [0.3, 0.4) is 0 Å². The standard InChI is InChI=1S/C9H13NO2/c1-6(2)7-10-5-9(3,4)8(11)12-7/h1,5H2,2-4H3. The van der Waals surface area contributed by atoms with Gasteiger partial charge in [-0.25, -0.2) is 4.99 Å². The maximum absolute atomic E-state index is 11.3. The fourth-order valence-electron chi connectivity index (χ4n) is 0.814. The maximum atomic E-state index is 11.3. The first-order chi connectivity index (χ1) is 5.43. The van der Waals surface area contributed by atoms with Crippen molar-refractivity contribution < 1.29 is 9.53 Å². The lowest BCUT2D eigenvalue weighted by Crippen LogP contribution is -2.36. The SMILES string of the molecule is C=C(C)C1=NCC(C)(C)C(=O)O1. The Labute approximate surface area is 72.1 Å². The summed E-state index contributed by atoms with van der Waals surface area (Å²) < 4.78 is 4.97. The summed E-state index contributed by atoms with van der Waals surface area (Å²) in [5, 5.41) is 0. The number of cyclic esters (lactones) is 1. The number of esters is 1. The predicted molar refractivity (Wildman–Crippen MR) is 47.0 cm³/mol. The monoisotopic (exact) mass is 167 g/mol. The Balaban J connectivity index is 2.85. The minimum atomic E-state index is -0.487. The summed E-state index contributed by atoms with van der Waals surface area (Å²) in [5.41, 5.74) is 0.206. The van der Waals surface area contributed by atoms with E-state index in [1.54, 1.807) is 6.92 Å². The average Bonchev–Trinajstić information content (AvgIpc) is 1.94. The van der Waals surface area contributed by atoms with Gasteiger partial charge in [0.2, 0.25) is 5.90 Å². The molecule has 1 aliphatic heterocycles. The van der Waals surface area contributed by atoms with Gasteiger partial charge in [0.1, 0.15) is 0 Å². The number of carbonyl (C=O) groups excluding carboxylic acids is 1. The normalized spacial score (nSPS) is 21.2. The van der Waals surface area contributed by atoms with Crippen LogP contribution >= 0.6 is 0 Å². The van der Waals surface area contributed by atoms with Crippen molar-refractivity contribution in [1.29, 1.82) is 0 Å². The molecule has 1 aliphatic rings. The van der Waals surface area contributed by atoms with Crippen molar-refractivity contribution in [3.05, 3.63) is 12.2 Å². The maximum Gasteiger partial charge on any atom is 0.320 e. The van der Waals surface area contributed by atoms with E-state index in [2.05, 4.69) is 11.6 Å². The molecule has 0 unspecified atom stereocenters. The quantitative estimate of drug-likeness (QED) is 0.556. The molecule has 0 radical (unpaired) electrons. The van der Waals surface area contributed by atoms with Gasteiger partial charge in [-0.05, 0) is 20.8 Å². The van der Waals surface area contributed by atoms with Crippen molar-refractivity contribution in [2.75, 3.05) is 6.54 Å². The molecule has 66 valence electrons. The van der Waals surface area contributed by atoms with E-state index in [0.717, 1.165) is 0 Å². The smallest absolute Gasteiger partial charge is 0.320 e. The summed E-state index contributed by atoms with van der Waals surface area (Å²) in [5.74, 6) is 0.148. The molecule has 0 fully saturated rings. The Morgan fingerprint density at radius 1 is 1.67 bits per heavy atom. The van der Waals surface area contributed by atoms with Crippen LogP contribution in [0.5, 0.6) is 0 Å². The molecule has 0 bridgehead atoms. The Hall–Kier alpha value is -1.12. The van der Waals surface area contributed by atoms with E-state index >= 15 is 0 Å². The van der Waals surface area contributed by atoms with Gasteiger partial charge in [0.25, 0.3) is 0 Å². The fourth-order valence-corrected chi connectivity index (χ4v) is 0.814. The molecule has 1 heterocycles. The molecule has 0 amide bonds. The summed E-state index contributed by atoms with van der Waals surface area (Å²) in [6.45, 7) is 9.53. The molecule has 0 aromatic heterocycles. The van der Waals surface area contributed by atoms with E-state index in [1.807, 2.05) is 13.8 Å².